The molecule has 0 bridgehead atoms. The van der Waals surface area contributed by atoms with E-state index < -0.39 is 17.8 Å². The average molecular weight is 411 g/mol. The second kappa shape index (κ2) is 6.74. The van der Waals surface area contributed by atoms with Gasteiger partial charge in [0.2, 0.25) is 0 Å². The number of halogens is 1. The lowest BCUT2D eigenvalue weighted by Gasteiger charge is -2.27. The SMILES string of the molecule is Cc1ccc(Cl)cc1N1C(=O)NC(=O)/C(=C\c2ccc3c(c2)CC(C)(C)O3)C1=O. The van der Waals surface area contributed by atoms with Crippen molar-refractivity contribution in [1.29, 1.82) is 0 Å². The number of aryl methyl sites for hydroxylation is 1. The summed E-state index contributed by atoms with van der Waals surface area (Å²) in [6, 6.07) is 9.60. The molecule has 29 heavy (non-hydrogen) atoms. The number of imide groups is 2. The van der Waals surface area contributed by atoms with Crippen molar-refractivity contribution in [1.82, 2.24) is 5.32 Å². The Labute approximate surface area is 173 Å². The zero-order valence-electron chi connectivity index (χ0n) is 16.2. The van der Waals surface area contributed by atoms with E-state index in [1.807, 2.05) is 26.0 Å². The van der Waals surface area contributed by atoms with Gasteiger partial charge in [0, 0.05) is 11.4 Å². The molecule has 0 saturated carbocycles. The van der Waals surface area contributed by atoms with Gasteiger partial charge in [0.1, 0.15) is 16.9 Å². The van der Waals surface area contributed by atoms with Gasteiger partial charge in [-0.3, -0.25) is 14.9 Å². The van der Waals surface area contributed by atoms with Gasteiger partial charge >= 0.3 is 6.03 Å². The van der Waals surface area contributed by atoms with E-state index in [0.29, 0.717) is 21.8 Å². The van der Waals surface area contributed by atoms with Gasteiger partial charge in [0.05, 0.1) is 5.69 Å². The Balaban J connectivity index is 1.72. The molecule has 7 heteroatoms. The Hall–Kier alpha value is -3.12. The van der Waals surface area contributed by atoms with Crippen molar-refractivity contribution in [3.63, 3.8) is 0 Å². The number of fused-ring (bicyclic) bond motifs is 1. The van der Waals surface area contributed by atoms with Crippen molar-refractivity contribution in [3.8, 4) is 5.75 Å². The quantitative estimate of drug-likeness (QED) is 0.599. The molecule has 0 aromatic heterocycles. The van der Waals surface area contributed by atoms with Crippen LogP contribution in [0.1, 0.15) is 30.5 Å². The maximum atomic E-state index is 13.1. The predicted octanol–water partition coefficient (Wildman–Crippen LogP) is 4.03. The van der Waals surface area contributed by atoms with Crippen molar-refractivity contribution >= 4 is 41.2 Å². The first-order valence-electron chi connectivity index (χ1n) is 9.14. The molecule has 0 spiro atoms. The monoisotopic (exact) mass is 410 g/mol. The number of anilines is 1. The Morgan fingerprint density at radius 2 is 1.90 bits per heavy atom. The number of nitrogens with one attached hydrogen (secondary N) is 1. The predicted molar refractivity (Wildman–Crippen MR) is 110 cm³/mol. The summed E-state index contributed by atoms with van der Waals surface area (Å²) in [4.78, 5) is 38.8. The van der Waals surface area contributed by atoms with Gasteiger partial charge in [-0.05, 0) is 67.8 Å². The summed E-state index contributed by atoms with van der Waals surface area (Å²) in [5.74, 6) is -0.628. The molecule has 1 saturated heterocycles. The first-order chi connectivity index (χ1) is 13.6. The molecule has 0 unspecified atom stereocenters. The lowest BCUT2D eigenvalue weighted by molar-refractivity contribution is -0.122. The fourth-order valence-electron chi connectivity index (χ4n) is 3.59. The molecule has 1 fully saturated rings. The number of hydrogen-bond donors (Lipinski definition) is 1. The van der Waals surface area contributed by atoms with Gasteiger partial charge in [-0.1, -0.05) is 23.7 Å². The Morgan fingerprint density at radius 1 is 1.14 bits per heavy atom. The molecule has 2 aliphatic rings. The van der Waals surface area contributed by atoms with Crippen LogP contribution in [0.15, 0.2) is 42.0 Å². The highest BCUT2D eigenvalue weighted by atomic mass is 35.5. The Bertz CT molecular complexity index is 1100. The number of rotatable bonds is 2. The van der Waals surface area contributed by atoms with Gasteiger partial charge in [-0.25, -0.2) is 9.69 Å². The van der Waals surface area contributed by atoms with E-state index in [4.69, 9.17) is 16.3 Å². The van der Waals surface area contributed by atoms with Crippen molar-refractivity contribution in [2.45, 2.75) is 32.8 Å². The van der Waals surface area contributed by atoms with E-state index in [9.17, 15) is 14.4 Å². The smallest absolute Gasteiger partial charge is 0.335 e. The number of barbiturate groups is 1. The molecule has 148 valence electrons. The topological polar surface area (TPSA) is 75.7 Å². The zero-order chi connectivity index (χ0) is 20.9. The zero-order valence-corrected chi connectivity index (χ0v) is 17.0. The highest BCUT2D eigenvalue weighted by Crippen LogP contribution is 2.36. The minimum Gasteiger partial charge on any atom is -0.487 e. The molecule has 0 radical (unpaired) electrons. The third-order valence-corrected chi connectivity index (χ3v) is 5.15. The maximum Gasteiger partial charge on any atom is 0.335 e. The number of urea groups is 1. The molecule has 0 aliphatic carbocycles. The van der Waals surface area contributed by atoms with Gasteiger partial charge in [0.15, 0.2) is 0 Å². The normalized spacial score (nSPS) is 19.2. The highest BCUT2D eigenvalue weighted by Gasteiger charge is 2.37. The fraction of sp³-hybridized carbons (Fsp3) is 0.227. The summed E-state index contributed by atoms with van der Waals surface area (Å²) in [6.07, 6.45) is 2.22. The van der Waals surface area contributed by atoms with Gasteiger partial charge in [-0.15, -0.1) is 0 Å². The fourth-order valence-corrected chi connectivity index (χ4v) is 3.75. The van der Waals surface area contributed by atoms with Gasteiger partial charge in [-0.2, -0.15) is 0 Å². The first kappa shape index (κ1) is 19.2. The third-order valence-electron chi connectivity index (χ3n) is 4.91. The van der Waals surface area contributed by atoms with E-state index in [0.717, 1.165) is 22.6 Å². The largest absolute Gasteiger partial charge is 0.487 e. The lowest BCUT2D eigenvalue weighted by atomic mass is 9.99. The molecule has 2 aliphatic heterocycles. The van der Waals surface area contributed by atoms with Crippen LogP contribution in [0.5, 0.6) is 5.75 Å². The van der Waals surface area contributed by atoms with E-state index in [1.165, 1.54) is 12.1 Å². The van der Waals surface area contributed by atoms with Crippen LogP contribution in [0.2, 0.25) is 5.02 Å². The molecule has 4 rings (SSSR count). The number of carbonyl (C=O) groups is 3. The van der Waals surface area contributed by atoms with Crippen LogP contribution in [-0.4, -0.2) is 23.4 Å². The molecule has 2 heterocycles. The Kier molecular flexibility index (Phi) is 4.46. The van der Waals surface area contributed by atoms with E-state index in [2.05, 4.69) is 5.32 Å². The van der Waals surface area contributed by atoms with Gasteiger partial charge < -0.3 is 4.74 Å². The summed E-state index contributed by atoms with van der Waals surface area (Å²) in [6.45, 7) is 5.76. The second-order valence-corrected chi connectivity index (χ2v) is 8.23. The van der Waals surface area contributed by atoms with Crippen LogP contribution in [0.25, 0.3) is 6.08 Å². The summed E-state index contributed by atoms with van der Waals surface area (Å²) >= 11 is 6.04. The number of amides is 4. The van der Waals surface area contributed by atoms with Crippen molar-refractivity contribution in [2.24, 2.45) is 0 Å². The summed E-state index contributed by atoms with van der Waals surface area (Å²) in [7, 11) is 0. The number of benzene rings is 2. The number of carbonyl (C=O) groups excluding carboxylic acids is 3. The van der Waals surface area contributed by atoms with Crippen molar-refractivity contribution < 1.29 is 19.1 Å². The number of hydrogen-bond acceptors (Lipinski definition) is 4. The van der Waals surface area contributed by atoms with Crippen LogP contribution in [-0.2, 0) is 16.0 Å². The molecule has 6 nitrogen and oxygen atoms in total. The molecule has 2 aromatic carbocycles. The minimum absolute atomic E-state index is 0.123. The molecular weight excluding hydrogens is 392 g/mol. The molecule has 1 N–H and O–H groups in total. The van der Waals surface area contributed by atoms with Crippen molar-refractivity contribution in [2.75, 3.05) is 4.90 Å². The van der Waals surface area contributed by atoms with Crippen LogP contribution in [0.4, 0.5) is 10.5 Å². The van der Waals surface area contributed by atoms with E-state index in [1.54, 1.807) is 25.1 Å². The Morgan fingerprint density at radius 3 is 2.66 bits per heavy atom. The molecular formula is C22H19ClN2O4. The van der Waals surface area contributed by atoms with Crippen LogP contribution >= 0.6 is 11.6 Å². The average Bonchev–Trinajstić information content (AvgIpc) is 2.94. The first-order valence-corrected chi connectivity index (χ1v) is 9.52. The maximum absolute atomic E-state index is 13.1. The summed E-state index contributed by atoms with van der Waals surface area (Å²) in [5, 5.41) is 2.62. The molecule has 0 atom stereocenters. The van der Waals surface area contributed by atoms with Crippen LogP contribution in [0.3, 0.4) is 0 Å². The standard InChI is InChI=1S/C22H19ClN2O4/c1-12-4-6-15(23)10-17(12)25-20(27)16(19(26)24-21(25)28)9-13-5-7-18-14(8-13)11-22(2,3)29-18/h4-10H,11H2,1-3H3,(H,24,26,28)/b16-9+. The summed E-state index contributed by atoms with van der Waals surface area (Å²) < 4.78 is 5.86. The molecule has 2 aromatic rings. The van der Waals surface area contributed by atoms with Crippen molar-refractivity contribution in [3.05, 3.63) is 63.7 Å². The third kappa shape index (κ3) is 3.51. The van der Waals surface area contributed by atoms with Crippen LogP contribution < -0.4 is 15.0 Å². The highest BCUT2D eigenvalue weighted by molar-refractivity contribution is 6.39. The summed E-state index contributed by atoms with van der Waals surface area (Å²) in [5.41, 5.74) is 2.29. The van der Waals surface area contributed by atoms with E-state index >= 15 is 0 Å². The number of ether oxygens (including phenoxy) is 1. The van der Waals surface area contributed by atoms with Gasteiger partial charge in [0.25, 0.3) is 11.8 Å². The van der Waals surface area contributed by atoms with Crippen LogP contribution in [0, 0.1) is 6.92 Å². The molecule has 4 amide bonds. The number of nitrogens with zero attached hydrogens (tertiary/aromatic N) is 1. The lowest BCUT2D eigenvalue weighted by Crippen LogP contribution is -2.54. The second-order valence-electron chi connectivity index (χ2n) is 7.79. The minimum atomic E-state index is -0.799. The van der Waals surface area contributed by atoms with E-state index in [-0.39, 0.29) is 11.2 Å².